The Labute approximate surface area is 147 Å². The number of nitrogens with one attached hydrogen (secondary N) is 1. The van der Waals surface area contributed by atoms with Crippen LogP contribution in [-0.2, 0) is 11.8 Å². The van der Waals surface area contributed by atoms with Crippen molar-refractivity contribution in [1.82, 2.24) is 9.78 Å². The number of amides is 2. The van der Waals surface area contributed by atoms with Gasteiger partial charge in [0.15, 0.2) is 0 Å². The van der Waals surface area contributed by atoms with E-state index < -0.39 is 5.91 Å². The van der Waals surface area contributed by atoms with Crippen LogP contribution in [0.3, 0.4) is 0 Å². The van der Waals surface area contributed by atoms with Crippen LogP contribution in [0, 0.1) is 6.92 Å². The van der Waals surface area contributed by atoms with Gasteiger partial charge in [-0.1, -0.05) is 12.1 Å². The normalized spacial score (nSPS) is 10.9. The van der Waals surface area contributed by atoms with E-state index in [1.54, 1.807) is 10.7 Å². The van der Waals surface area contributed by atoms with Gasteiger partial charge in [-0.15, -0.1) is 23.1 Å². The number of fused-ring (bicyclic) bond motifs is 1. The summed E-state index contributed by atoms with van der Waals surface area (Å²) in [5.41, 5.74) is 6.76. The predicted molar refractivity (Wildman–Crippen MR) is 97.6 cm³/mol. The zero-order valence-electron chi connectivity index (χ0n) is 13.2. The minimum Gasteiger partial charge on any atom is -0.369 e. The number of nitrogens with zero attached hydrogens (tertiary/aromatic N) is 2. The lowest BCUT2D eigenvalue weighted by molar-refractivity contribution is -0.115. The molecule has 0 saturated heterocycles. The van der Waals surface area contributed by atoms with Gasteiger partial charge in [-0.2, -0.15) is 5.10 Å². The van der Waals surface area contributed by atoms with Crippen LogP contribution in [0.25, 0.3) is 10.2 Å². The number of rotatable bonds is 5. The highest BCUT2D eigenvalue weighted by atomic mass is 32.2. The number of aryl methyl sites for hydroxylation is 2. The Hall–Kier alpha value is -2.32. The molecule has 3 N–H and O–H groups in total. The van der Waals surface area contributed by atoms with Crippen LogP contribution < -0.4 is 11.1 Å². The largest absolute Gasteiger partial charge is 0.369 e. The molecule has 0 aliphatic heterocycles. The first-order chi connectivity index (χ1) is 11.5. The zero-order chi connectivity index (χ0) is 17.3. The van der Waals surface area contributed by atoms with Gasteiger partial charge in [0, 0.05) is 17.3 Å². The summed E-state index contributed by atoms with van der Waals surface area (Å²) in [5.74, 6) is -0.406. The molecule has 124 valence electrons. The highest BCUT2D eigenvalue weighted by molar-refractivity contribution is 8.00. The van der Waals surface area contributed by atoms with Crippen molar-refractivity contribution in [3.05, 3.63) is 40.9 Å². The molecule has 0 saturated carbocycles. The number of thioether (sulfide) groups is 1. The molecule has 0 unspecified atom stereocenters. The number of hydrogen-bond acceptors (Lipinski definition) is 5. The van der Waals surface area contributed by atoms with Crippen LogP contribution in [0.15, 0.2) is 35.2 Å². The Kier molecular flexibility index (Phi) is 4.59. The molecule has 6 nitrogen and oxygen atoms in total. The van der Waals surface area contributed by atoms with Crippen LogP contribution in [0.1, 0.15) is 15.4 Å². The van der Waals surface area contributed by atoms with Gasteiger partial charge in [0.1, 0.15) is 4.83 Å². The summed E-state index contributed by atoms with van der Waals surface area (Å²) in [6.45, 7) is 1.92. The van der Waals surface area contributed by atoms with Gasteiger partial charge in [0.05, 0.1) is 22.0 Å². The van der Waals surface area contributed by atoms with E-state index in [1.807, 2.05) is 38.2 Å². The molecule has 8 heteroatoms. The summed E-state index contributed by atoms with van der Waals surface area (Å²) in [4.78, 5) is 25.9. The lowest BCUT2D eigenvalue weighted by Gasteiger charge is -2.09. The van der Waals surface area contributed by atoms with Crippen molar-refractivity contribution >= 4 is 50.8 Å². The number of benzene rings is 1. The number of nitrogens with two attached hydrogens (primary N) is 1. The molecule has 3 aromatic rings. The van der Waals surface area contributed by atoms with Crippen LogP contribution >= 0.6 is 23.1 Å². The smallest absolute Gasteiger partial charge is 0.265 e. The molecule has 2 heterocycles. The van der Waals surface area contributed by atoms with E-state index in [9.17, 15) is 9.59 Å². The van der Waals surface area contributed by atoms with E-state index in [2.05, 4.69) is 10.4 Å². The van der Waals surface area contributed by atoms with Crippen LogP contribution in [0.2, 0.25) is 0 Å². The Bertz CT molecular complexity index is 895. The second kappa shape index (κ2) is 6.66. The van der Waals surface area contributed by atoms with E-state index in [0.717, 1.165) is 20.8 Å². The van der Waals surface area contributed by atoms with Crippen LogP contribution in [-0.4, -0.2) is 27.3 Å². The van der Waals surface area contributed by atoms with Gasteiger partial charge in [-0.3, -0.25) is 14.3 Å². The van der Waals surface area contributed by atoms with Crippen molar-refractivity contribution in [1.29, 1.82) is 0 Å². The number of carbonyl (C=O) groups is 2. The van der Waals surface area contributed by atoms with Crippen molar-refractivity contribution in [2.24, 2.45) is 12.8 Å². The third kappa shape index (κ3) is 3.29. The van der Waals surface area contributed by atoms with Crippen molar-refractivity contribution in [3.8, 4) is 0 Å². The van der Waals surface area contributed by atoms with Gasteiger partial charge < -0.3 is 11.1 Å². The third-order valence-electron chi connectivity index (χ3n) is 3.43. The number of aromatic nitrogens is 2. The summed E-state index contributed by atoms with van der Waals surface area (Å²) in [6.07, 6.45) is 0. The zero-order valence-corrected chi connectivity index (χ0v) is 14.8. The van der Waals surface area contributed by atoms with E-state index >= 15 is 0 Å². The van der Waals surface area contributed by atoms with Crippen molar-refractivity contribution < 1.29 is 9.59 Å². The molecule has 0 atom stereocenters. The third-order valence-corrected chi connectivity index (χ3v) is 5.72. The maximum Gasteiger partial charge on any atom is 0.265 e. The minimum absolute atomic E-state index is 0.167. The first kappa shape index (κ1) is 16.5. The highest BCUT2D eigenvalue weighted by Crippen LogP contribution is 2.30. The molecular weight excluding hydrogens is 344 g/mol. The number of thiophene rings is 1. The van der Waals surface area contributed by atoms with Crippen LogP contribution in [0.4, 0.5) is 5.69 Å². The van der Waals surface area contributed by atoms with Gasteiger partial charge in [0.25, 0.3) is 5.91 Å². The van der Waals surface area contributed by atoms with Crippen molar-refractivity contribution in [2.45, 2.75) is 11.8 Å². The van der Waals surface area contributed by atoms with Crippen LogP contribution in [0.5, 0.6) is 0 Å². The highest BCUT2D eigenvalue weighted by Gasteiger charge is 2.16. The molecule has 0 bridgehead atoms. The molecule has 2 aromatic heterocycles. The molecule has 1 aromatic carbocycles. The molecule has 0 aliphatic rings. The Morgan fingerprint density at radius 2 is 2.12 bits per heavy atom. The molecule has 0 fully saturated rings. The number of para-hydroxylation sites is 1. The van der Waals surface area contributed by atoms with Gasteiger partial charge in [-0.05, 0) is 25.1 Å². The van der Waals surface area contributed by atoms with E-state index in [1.165, 1.54) is 23.1 Å². The number of primary amides is 1. The second-order valence-corrected chi connectivity index (χ2v) is 7.29. The standard InChI is InChI=1S/C16H16N4O2S2/c1-9-10-7-13(24-16(10)20(2)19-9)15(22)18-11-5-3-4-6-12(11)23-8-14(17)21/h3-7H,8H2,1-2H3,(H2,17,21)(H,18,22). The average molecular weight is 360 g/mol. The van der Waals surface area contributed by atoms with E-state index in [4.69, 9.17) is 5.73 Å². The summed E-state index contributed by atoms with van der Waals surface area (Å²) >= 11 is 2.71. The van der Waals surface area contributed by atoms with Crippen molar-refractivity contribution in [3.63, 3.8) is 0 Å². The van der Waals surface area contributed by atoms with E-state index in [0.29, 0.717) is 10.6 Å². The lowest BCUT2D eigenvalue weighted by Crippen LogP contribution is -2.14. The molecule has 2 amide bonds. The summed E-state index contributed by atoms with van der Waals surface area (Å²) in [7, 11) is 1.86. The Morgan fingerprint density at radius 1 is 1.38 bits per heavy atom. The molecule has 3 rings (SSSR count). The molecular formula is C16H16N4O2S2. The molecule has 0 spiro atoms. The average Bonchev–Trinajstić information content (AvgIpc) is 3.09. The first-order valence-corrected chi connectivity index (χ1v) is 9.00. The van der Waals surface area contributed by atoms with Gasteiger partial charge >= 0.3 is 0 Å². The summed E-state index contributed by atoms with van der Waals surface area (Å²) in [5, 5.41) is 8.24. The Balaban J connectivity index is 1.83. The number of anilines is 1. The second-order valence-electron chi connectivity index (χ2n) is 5.24. The molecule has 24 heavy (non-hydrogen) atoms. The minimum atomic E-state index is -0.395. The predicted octanol–water partition coefficient (Wildman–Crippen LogP) is 2.77. The van der Waals surface area contributed by atoms with Crippen molar-refractivity contribution in [2.75, 3.05) is 11.1 Å². The monoisotopic (exact) mass is 360 g/mol. The number of carbonyl (C=O) groups excluding carboxylic acids is 2. The van der Waals surface area contributed by atoms with Gasteiger partial charge in [-0.25, -0.2) is 0 Å². The number of hydrogen-bond donors (Lipinski definition) is 2. The quantitative estimate of drug-likeness (QED) is 0.685. The fourth-order valence-corrected chi connectivity index (χ4v) is 4.11. The first-order valence-electron chi connectivity index (χ1n) is 7.20. The maximum absolute atomic E-state index is 12.6. The maximum atomic E-state index is 12.6. The Morgan fingerprint density at radius 3 is 2.83 bits per heavy atom. The SMILES string of the molecule is Cc1nn(C)c2sc(C(=O)Nc3ccccc3SCC(N)=O)cc12. The fraction of sp³-hybridized carbons (Fsp3) is 0.188. The topological polar surface area (TPSA) is 90.0 Å². The summed E-state index contributed by atoms with van der Waals surface area (Å²) in [6, 6.07) is 9.21. The molecule has 0 aliphatic carbocycles. The summed E-state index contributed by atoms with van der Waals surface area (Å²) < 4.78 is 1.78. The fourth-order valence-electron chi connectivity index (χ4n) is 2.35. The lowest BCUT2D eigenvalue weighted by atomic mass is 10.3. The van der Waals surface area contributed by atoms with E-state index in [-0.39, 0.29) is 11.7 Å². The van der Waals surface area contributed by atoms with Gasteiger partial charge in [0.2, 0.25) is 5.91 Å². The molecule has 0 radical (unpaired) electrons.